The van der Waals surface area contributed by atoms with Gasteiger partial charge >= 0.3 is 0 Å². The number of ether oxygens (including phenoxy) is 2. The molecule has 0 unspecified atom stereocenters. The number of hydrazone groups is 1. The first kappa shape index (κ1) is 22.1. The lowest BCUT2D eigenvalue weighted by Crippen LogP contribution is -2.32. The molecule has 1 heterocycles. The lowest BCUT2D eigenvalue weighted by atomic mass is 10.1. The van der Waals surface area contributed by atoms with Crippen LogP contribution in [0.4, 0.5) is 5.69 Å². The normalized spacial score (nSPS) is 13.6. The Balaban J connectivity index is 1.46. The minimum absolute atomic E-state index is 0.0174. The maximum absolute atomic E-state index is 12.1. The Morgan fingerprint density at radius 3 is 2.48 bits per heavy atom. The number of benzene rings is 2. The van der Waals surface area contributed by atoms with Crippen LogP contribution >= 0.6 is 0 Å². The molecule has 2 aromatic rings. The summed E-state index contributed by atoms with van der Waals surface area (Å²) in [5, 5.41) is 7.17. The fraction of sp³-hybridized carbons (Fsp3) is 0.348. The van der Waals surface area contributed by atoms with Crippen LogP contribution in [0.5, 0.6) is 11.5 Å². The molecule has 2 amide bonds. The van der Waals surface area contributed by atoms with Crippen LogP contribution in [0.15, 0.2) is 53.6 Å². The predicted molar refractivity (Wildman–Crippen MR) is 120 cm³/mol. The second-order valence-electron chi connectivity index (χ2n) is 7.19. The number of amides is 2. The summed E-state index contributed by atoms with van der Waals surface area (Å²) in [6, 6.07) is 14.6. The van der Waals surface area contributed by atoms with Crippen LogP contribution in [0.3, 0.4) is 0 Å². The molecule has 1 saturated heterocycles. The van der Waals surface area contributed by atoms with E-state index in [1.54, 1.807) is 26.2 Å². The summed E-state index contributed by atoms with van der Waals surface area (Å²) in [7, 11) is 1.58. The molecule has 0 spiro atoms. The van der Waals surface area contributed by atoms with E-state index in [9.17, 15) is 9.59 Å². The molecule has 8 nitrogen and oxygen atoms in total. The zero-order valence-electron chi connectivity index (χ0n) is 17.9. The lowest BCUT2D eigenvalue weighted by Gasteiger charge is -2.15. The third-order valence-electron chi connectivity index (χ3n) is 4.99. The molecule has 0 atom stereocenters. The monoisotopic (exact) mass is 424 g/mol. The van der Waals surface area contributed by atoms with Crippen molar-refractivity contribution in [1.29, 1.82) is 0 Å². The number of para-hydroxylation sites is 2. The topological polar surface area (TPSA) is 92.3 Å². The standard InChI is InChI=1S/C23H28N4O4/c1-17(25-26-22(28)15-24-20-7-3-4-8-21(20)30-2)18-9-11-19(12-10-18)31-16-23(29)27-13-5-6-14-27/h3-4,7-12,24H,5-6,13-16H2,1-2H3,(H,26,28)/b25-17-. The van der Waals surface area contributed by atoms with Crippen molar-refractivity contribution in [2.45, 2.75) is 19.8 Å². The van der Waals surface area contributed by atoms with Gasteiger partial charge in [-0.05, 0) is 61.7 Å². The van der Waals surface area contributed by atoms with Gasteiger partial charge < -0.3 is 19.7 Å². The molecule has 31 heavy (non-hydrogen) atoms. The van der Waals surface area contributed by atoms with E-state index in [1.165, 1.54) is 0 Å². The molecule has 2 N–H and O–H groups in total. The van der Waals surface area contributed by atoms with Crippen molar-refractivity contribution in [3.05, 3.63) is 54.1 Å². The molecule has 0 bridgehead atoms. The van der Waals surface area contributed by atoms with E-state index in [-0.39, 0.29) is 25.0 Å². The molecule has 0 aromatic heterocycles. The van der Waals surface area contributed by atoms with Crippen molar-refractivity contribution >= 4 is 23.2 Å². The maximum atomic E-state index is 12.1. The molecule has 0 saturated carbocycles. The van der Waals surface area contributed by atoms with Crippen molar-refractivity contribution in [2.75, 3.05) is 38.7 Å². The van der Waals surface area contributed by atoms with Crippen molar-refractivity contribution in [1.82, 2.24) is 10.3 Å². The second-order valence-corrected chi connectivity index (χ2v) is 7.19. The first-order chi connectivity index (χ1) is 15.1. The summed E-state index contributed by atoms with van der Waals surface area (Å²) in [5.74, 6) is 1.03. The third-order valence-corrected chi connectivity index (χ3v) is 4.99. The van der Waals surface area contributed by atoms with E-state index in [2.05, 4.69) is 15.8 Å². The number of likely N-dealkylation sites (tertiary alicyclic amines) is 1. The summed E-state index contributed by atoms with van der Waals surface area (Å²) >= 11 is 0. The van der Waals surface area contributed by atoms with E-state index < -0.39 is 0 Å². The smallest absolute Gasteiger partial charge is 0.260 e. The molecule has 3 rings (SSSR count). The van der Waals surface area contributed by atoms with Crippen LogP contribution in [-0.4, -0.2) is 55.8 Å². The average molecular weight is 425 g/mol. The Morgan fingerprint density at radius 2 is 1.77 bits per heavy atom. The van der Waals surface area contributed by atoms with Crippen molar-refractivity contribution in [3.8, 4) is 11.5 Å². The molecular formula is C23H28N4O4. The third kappa shape index (κ3) is 6.47. The number of nitrogens with one attached hydrogen (secondary N) is 2. The number of rotatable bonds is 9. The summed E-state index contributed by atoms with van der Waals surface area (Å²) in [5.41, 5.74) is 4.78. The van der Waals surface area contributed by atoms with Gasteiger partial charge in [0.15, 0.2) is 6.61 Å². The zero-order chi connectivity index (χ0) is 22.1. The summed E-state index contributed by atoms with van der Waals surface area (Å²) in [6.07, 6.45) is 2.12. The van der Waals surface area contributed by atoms with Gasteiger partial charge in [-0.15, -0.1) is 0 Å². The van der Waals surface area contributed by atoms with Gasteiger partial charge in [0.05, 0.1) is 25.1 Å². The van der Waals surface area contributed by atoms with Crippen LogP contribution < -0.4 is 20.2 Å². The molecule has 0 aliphatic carbocycles. The van der Waals surface area contributed by atoms with E-state index in [4.69, 9.17) is 9.47 Å². The minimum atomic E-state index is -0.273. The van der Waals surface area contributed by atoms with Gasteiger partial charge in [-0.25, -0.2) is 5.43 Å². The molecule has 0 radical (unpaired) electrons. The summed E-state index contributed by atoms with van der Waals surface area (Å²) in [6.45, 7) is 3.55. The van der Waals surface area contributed by atoms with E-state index in [1.807, 2.05) is 41.3 Å². The minimum Gasteiger partial charge on any atom is -0.495 e. The molecule has 8 heteroatoms. The molecule has 1 fully saturated rings. The van der Waals surface area contributed by atoms with Gasteiger partial charge in [-0.1, -0.05) is 12.1 Å². The Kier molecular flexibility index (Phi) is 7.86. The molecular weight excluding hydrogens is 396 g/mol. The van der Waals surface area contributed by atoms with Gasteiger partial charge in [-0.3, -0.25) is 9.59 Å². The Morgan fingerprint density at radius 1 is 1.06 bits per heavy atom. The van der Waals surface area contributed by atoms with E-state index in [0.29, 0.717) is 17.2 Å². The van der Waals surface area contributed by atoms with E-state index in [0.717, 1.165) is 37.2 Å². The van der Waals surface area contributed by atoms with Crippen LogP contribution in [0.2, 0.25) is 0 Å². The number of carbonyl (C=O) groups is 2. The summed E-state index contributed by atoms with van der Waals surface area (Å²) in [4.78, 5) is 26.0. The first-order valence-corrected chi connectivity index (χ1v) is 10.3. The fourth-order valence-corrected chi connectivity index (χ4v) is 3.21. The predicted octanol–water partition coefficient (Wildman–Crippen LogP) is 2.65. The quantitative estimate of drug-likeness (QED) is 0.477. The molecule has 1 aliphatic heterocycles. The zero-order valence-corrected chi connectivity index (χ0v) is 17.9. The number of hydrogen-bond acceptors (Lipinski definition) is 6. The van der Waals surface area contributed by atoms with Gasteiger partial charge in [-0.2, -0.15) is 5.10 Å². The Hall–Kier alpha value is -3.55. The number of carbonyl (C=O) groups excluding carboxylic acids is 2. The van der Waals surface area contributed by atoms with Crippen LogP contribution in [-0.2, 0) is 9.59 Å². The highest BCUT2D eigenvalue weighted by Crippen LogP contribution is 2.22. The second kappa shape index (κ2) is 11.0. The van der Waals surface area contributed by atoms with Gasteiger partial charge in [0.1, 0.15) is 11.5 Å². The van der Waals surface area contributed by atoms with Gasteiger partial charge in [0.2, 0.25) is 0 Å². The molecule has 2 aromatic carbocycles. The average Bonchev–Trinajstić information content (AvgIpc) is 3.35. The highest BCUT2D eigenvalue weighted by atomic mass is 16.5. The van der Waals surface area contributed by atoms with Crippen LogP contribution in [0.1, 0.15) is 25.3 Å². The Bertz CT molecular complexity index is 921. The van der Waals surface area contributed by atoms with Crippen molar-refractivity contribution < 1.29 is 19.1 Å². The lowest BCUT2D eigenvalue weighted by molar-refractivity contribution is -0.132. The molecule has 1 aliphatic rings. The largest absolute Gasteiger partial charge is 0.495 e. The highest BCUT2D eigenvalue weighted by Gasteiger charge is 2.18. The number of nitrogens with zero attached hydrogens (tertiary/aromatic N) is 2. The number of hydrogen-bond donors (Lipinski definition) is 2. The van der Waals surface area contributed by atoms with Crippen LogP contribution in [0.25, 0.3) is 0 Å². The Labute approximate surface area is 182 Å². The van der Waals surface area contributed by atoms with Gasteiger partial charge in [0.25, 0.3) is 11.8 Å². The van der Waals surface area contributed by atoms with Gasteiger partial charge in [0, 0.05) is 13.1 Å². The molecule has 164 valence electrons. The number of methoxy groups -OCH3 is 1. The van der Waals surface area contributed by atoms with E-state index >= 15 is 0 Å². The first-order valence-electron chi connectivity index (χ1n) is 10.3. The summed E-state index contributed by atoms with van der Waals surface area (Å²) < 4.78 is 10.8. The highest BCUT2D eigenvalue weighted by molar-refractivity contribution is 5.99. The van der Waals surface area contributed by atoms with Crippen molar-refractivity contribution in [3.63, 3.8) is 0 Å². The van der Waals surface area contributed by atoms with Crippen LogP contribution in [0, 0.1) is 0 Å². The SMILES string of the molecule is COc1ccccc1NCC(=O)N/N=C(/C)c1ccc(OCC(=O)N2CCCC2)cc1. The number of anilines is 1. The van der Waals surface area contributed by atoms with Crippen molar-refractivity contribution in [2.24, 2.45) is 5.10 Å². The fourth-order valence-electron chi connectivity index (χ4n) is 3.21. The maximum Gasteiger partial charge on any atom is 0.260 e.